The molecule has 0 saturated carbocycles. The Bertz CT molecular complexity index is 1540. The molecular weight excluding hydrogens is 490 g/mol. The van der Waals surface area contributed by atoms with Crippen molar-refractivity contribution in [2.45, 2.75) is 33.6 Å². The van der Waals surface area contributed by atoms with Crippen LogP contribution in [0.5, 0.6) is 17.2 Å². The van der Waals surface area contributed by atoms with Gasteiger partial charge in [0.1, 0.15) is 5.75 Å². The lowest BCUT2D eigenvalue weighted by atomic mass is 9.96. The van der Waals surface area contributed by atoms with Crippen LogP contribution in [0, 0.1) is 6.92 Å². The summed E-state index contributed by atoms with van der Waals surface area (Å²) in [5.41, 5.74) is 3.70. The van der Waals surface area contributed by atoms with Gasteiger partial charge in [-0.1, -0.05) is 37.6 Å². The van der Waals surface area contributed by atoms with E-state index in [-0.39, 0.29) is 11.5 Å². The Balaban J connectivity index is 1.95. The van der Waals surface area contributed by atoms with Gasteiger partial charge in [0.15, 0.2) is 17.3 Å². The lowest BCUT2D eigenvalue weighted by Crippen LogP contribution is -2.20. The van der Waals surface area contributed by atoms with Crippen molar-refractivity contribution in [3.63, 3.8) is 0 Å². The highest BCUT2D eigenvalue weighted by Gasteiger charge is 2.18. The maximum Gasteiger partial charge on any atom is 0.282 e. The molecule has 192 valence electrons. The molecule has 0 unspecified atom stereocenters. The fraction of sp³-hybridized carbons (Fsp3) is 0.276. The van der Waals surface area contributed by atoms with Gasteiger partial charge in [0, 0.05) is 5.56 Å². The summed E-state index contributed by atoms with van der Waals surface area (Å²) in [6, 6.07) is 14.7. The first-order chi connectivity index (χ1) is 17.8. The van der Waals surface area contributed by atoms with Crippen molar-refractivity contribution < 1.29 is 14.2 Å². The van der Waals surface area contributed by atoms with Crippen molar-refractivity contribution >= 4 is 28.7 Å². The van der Waals surface area contributed by atoms with Crippen LogP contribution in [0.2, 0.25) is 5.02 Å². The molecule has 0 atom stereocenters. The van der Waals surface area contributed by atoms with Gasteiger partial charge in [0.05, 0.1) is 43.0 Å². The van der Waals surface area contributed by atoms with Crippen LogP contribution < -0.4 is 19.8 Å². The molecule has 1 heterocycles. The van der Waals surface area contributed by atoms with Gasteiger partial charge in [0.25, 0.3) is 5.56 Å². The van der Waals surface area contributed by atoms with Crippen LogP contribution in [0.3, 0.4) is 0 Å². The molecule has 4 aromatic rings. The first-order valence-corrected chi connectivity index (χ1v) is 12.4. The van der Waals surface area contributed by atoms with E-state index < -0.39 is 0 Å². The minimum atomic E-state index is -0.276. The number of aromatic nitrogens is 2. The van der Waals surface area contributed by atoms with E-state index in [1.165, 1.54) is 4.68 Å². The maximum absolute atomic E-state index is 13.6. The molecule has 0 aliphatic rings. The average Bonchev–Trinajstić information content (AvgIpc) is 2.89. The number of hydrogen-bond donors (Lipinski definition) is 0. The minimum Gasteiger partial charge on any atom is -0.496 e. The number of benzene rings is 3. The van der Waals surface area contributed by atoms with Crippen molar-refractivity contribution in [3.8, 4) is 28.6 Å². The summed E-state index contributed by atoms with van der Waals surface area (Å²) in [7, 11) is 3.20. The molecule has 1 aromatic heterocycles. The van der Waals surface area contributed by atoms with Gasteiger partial charge in [-0.2, -0.15) is 9.78 Å². The van der Waals surface area contributed by atoms with Crippen molar-refractivity contribution in [2.24, 2.45) is 5.10 Å². The first kappa shape index (κ1) is 26.2. The molecule has 0 aliphatic carbocycles. The SMILES string of the molecule is CCOc1c(Cl)cc(C=Nn2c(-c3cc(C(C)C)c(OC)cc3C)nc3ccccc3c2=O)cc1OC. The van der Waals surface area contributed by atoms with Crippen LogP contribution in [-0.2, 0) is 0 Å². The van der Waals surface area contributed by atoms with E-state index >= 15 is 0 Å². The predicted octanol–water partition coefficient (Wildman–Crippen LogP) is 6.45. The Kier molecular flexibility index (Phi) is 7.83. The summed E-state index contributed by atoms with van der Waals surface area (Å²) >= 11 is 6.45. The second-order valence-electron chi connectivity index (χ2n) is 8.84. The van der Waals surface area contributed by atoms with Gasteiger partial charge in [-0.05, 0) is 72.9 Å². The molecule has 0 saturated heterocycles. The molecule has 0 spiro atoms. The lowest BCUT2D eigenvalue weighted by Gasteiger charge is -2.17. The molecule has 0 amide bonds. The molecule has 0 aliphatic heterocycles. The van der Waals surface area contributed by atoms with Crippen LogP contribution in [0.4, 0.5) is 0 Å². The largest absolute Gasteiger partial charge is 0.496 e. The topological polar surface area (TPSA) is 74.9 Å². The summed E-state index contributed by atoms with van der Waals surface area (Å²) in [6.45, 7) is 8.48. The molecule has 0 N–H and O–H groups in total. The number of halogens is 1. The minimum absolute atomic E-state index is 0.205. The Morgan fingerprint density at radius 2 is 1.81 bits per heavy atom. The summed E-state index contributed by atoms with van der Waals surface area (Å²) in [4.78, 5) is 18.5. The van der Waals surface area contributed by atoms with Gasteiger partial charge < -0.3 is 14.2 Å². The van der Waals surface area contributed by atoms with Crippen molar-refractivity contribution in [1.29, 1.82) is 0 Å². The molecule has 0 fully saturated rings. The molecular formula is C29H30ClN3O4. The van der Waals surface area contributed by atoms with E-state index in [2.05, 4.69) is 18.9 Å². The Labute approximate surface area is 221 Å². The predicted molar refractivity (Wildman–Crippen MR) is 149 cm³/mol. The summed E-state index contributed by atoms with van der Waals surface area (Å²) in [5, 5.41) is 5.44. The molecule has 7 nitrogen and oxygen atoms in total. The van der Waals surface area contributed by atoms with Crippen molar-refractivity contribution in [1.82, 2.24) is 9.66 Å². The second kappa shape index (κ2) is 11.0. The van der Waals surface area contributed by atoms with Crippen LogP contribution in [0.1, 0.15) is 43.4 Å². The molecule has 0 radical (unpaired) electrons. The standard InChI is InChI=1S/C29H30ClN3O4/c1-7-37-27-23(30)13-19(14-26(27)36-6)16-31-33-28(32-24-11-9-8-10-20(24)29(33)34)22-15-21(17(2)3)25(35-5)12-18(22)4/h8-17H,7H2,1-6H3. The number of nitrogens with zero attached hydrogens (tertiary/aromatic N) is 3. The van der Waals surface area contributed by atoms with Crippen molar-refractivity contribution in [2.75, 3.05) is 20.8 Å². The van der Waals surface area contributed by atoms with Gasteiger partial charge in [-0.3, -0.25) is 4.79 Å². The normalized spacial score (nSPS) is 11.5. The van der Waals surface area contributed by atoms with E-state index in [1.807, 2.05) is 44.2 Å². The second-order valence-corrected chi connectivity index (χ2v) is 9.25. The van der Waals surface area contributed by atoms with E-state index in [4.69, 9.17) is 30.8 Å². The maximum atomic E-state index is 13.6. The molecule has 0 bridgehead atoms. The Morgan fingerprint density at radius 1 is 1.08 bits per heavy atom. The molecule has 8 heteroatoms. The first-order valence-electron chi connectivity index (χ1n) is 12.0. The zero-order valence-corrected chi connectivity index (χ0v) is 22.6. The quantitative estimate of drug-likeness (QED) is 0.250. The third-order valence-corrected chi connectivity index (χ3v) is 6.34. The monoisotopic (exact) mass is 519 g/mol. The van der Waals surface area contributed by atoms with E-state index in [9.17, 15) is 4.79 Å². The number of ether oxygens (including phenoxy) is 3. The number of hydrogen-bond acceptors (Lipinski definition) is 6. The average molecular weight is 520 g/mol. The smallest absolute Gasteiger partial charge is 0.282 e. The molecule has 37 heavy (non-hydrogen) atoms. The third kappa shape index (κ3) is 5.18. The summed E-state index contributed by atoms with van der Waals surface area (Å²) in [6.07, 6.45) is 1.56. The van der Waals surface area contributed by atoms with E-state index in [1.54, 1.807) is 38.6 Å². The van der Waals surface area contributed by atoms with E-state index in [0.717, 1.165) is 22.4 Å². The fourth-order valence-corrected chi connectivity index (χ4v) is 4.47. The number of aryl methyl sites for hydroxylation is 1. The Hall–Kier alpha value is -3.84. The zero-order chi connectivity index (χ0) is 26.7. The fourth-order valence-electron chi connectivity index (χ4n) is 4.20. The molecule has 3 aromatic carbocycles. The van der Waals surface area contributed by atoms with Crippen LogP contribution >= 0.6 is 11.6 Å². The van der Waals surface area contributed by atoms with Gasteiger partial charge >= 0.3 is 0 Å². The third-order valence-electron chi connectivity index (χ3n) is 6.06. The van der Waals surface area contributed by atoms with Gasteiger partial charge in [0.2, 0.25) is 0 Å². The van der Waals surface area contributed by atoms with E-state index in [0.29, 0.717) is 45.4 Å². The lowest BCUT2D eigenvalue weighted by molar-refractivity contribution is 0.311. The zero-order valence-electron chi connectivity index (χ0n) is 21.8. The highest BCUT2D eigenvalue weighted by atomic mass is 35.5. The number of methoxy groups -OCH3 is 2. The highest BCUT2D eigenvalue weighted by molar-refractivity contribution is 6.32. The number of fused-ring (bicyclic) bond motifs is 1. The highest BCUT2D eigenvalue weighted by Crippen LogP contribution is 2.36. The van der Waals surface area contributed by atoms with Crippen LogP contribution in [0.15, 0.2) is 58.4 Å². The van der Waals surface area contributed by atoms with Crippen LogP contribution in [0.25, 0.3) is 22.3 Å². The Morgan fingerprint density at radius 3 is 2.49 bits per heavy atom. The van der Waals surface area contributed by atoms with Crippen LogP contribution in [-0.4, -0.2) is 36.7 Å². The number of para-hydroxylation sites is 1. The van der Waals surface area contributed by atoms with Gasteiger partial charge in [-0.25, -0.2) is 4.98 Å². The summed E-state index contributed by atoms with van der Waals surface area (Å²) < 4.78 is 18.0. The van der Waals surface area contributed by atoms with Crippen molar-refractivity contribution in [3.05, 3.63) is 80.6 Å². The molecule has 4 rings (SSSR count). The van der Waals surface area contributed by atoms with Gasteiger partial charge in [-0.15, -0.1) is 0 Å². The number of rotatable bonds is 8. The summed E-state index contributed by atoms with van der Waals surface area (Å²) in [5.74, 6) is 2.38.